The fourth-order valence-electron chi connectivity index (χ4n) is 3.05. The zero-order valence-corrected chi connectivity index (χ0v) is 19.7. The molecule has 0 bridgehead atoms. The van der Waals surface area contributed by atoms with Crippen LogP contribution in [0.2, 0.25) is 10.0 Å². The lowest BCUT2D eigenvalue weighted by Gasteiger charge is -2.11. The molecule has 0 spiro atoms. The summed E-state index contributed by atoms with van der Waals surface area (Å²) in [5.41, 5.74) is 3.85. The number of nitrogens with one attached hydrogen (secondary N) is 1. The van der Waals surface area contributed by atoms with Gasteiger partial charge in [-0.1, -0.05) is 53.5 Å². The highest BCUT2D eigenvalue weighted by molar-refractivity contribution is 7.79. The molecule has 31 heavy (non-hydrogen) atoms. The van der Waals surface area contributed by atoms with Crippen LogP contribution in [0.5, 0.6) is 0 Å². The van der Waals surface area contributed by atoms with Gasteiger partial charge in [-0.05, 0) is 41.1 Å². The highest BCUT2D eigenvalue weighted by atomic mass is 35.5. The molecule has 5 nitrogen and oxygen atoms in total. The van der Waals surface area contributed by atoms with E-state index in [4.69, 9.17) is 37.4 Å². The number of benzene rings is 2. The molecule has 0 fully saturated rings. The smallest absolute Gasteiger partial charge is 0.162 e. The highest BCUT2D eigenvalue weighted by Gasteiger charge is 2.12. The van der Waals surface area contributed by atoms with Gasteiger partial charge in [0.05, 0.1) is 16.8 Å². The molecule has 0 amide bonds. The first-order valence-electron chi connectivity index (χ1n) is 9.48. The zero-order valence-electron chi connectivity index (χ0n) is 16.6. The average Bonchev–Trinajstić information content (AvgIpc) is 3.22. The van der Waals surface area contributed by atoms with Crippen molar-refractivity contribution in [1.29, 1.82) is 0 Å². The number of hydrogen-bond donors (Lipinski definition) is 1. The van der Waals surface area contributed by atoms with Gasteiger partial charge in [-0.3, -0.25) is 4.18 Å². The number of fused-ring (bicyclic) bond motifs is 1. The topological polar surface area (TPSA) is 64.1 Å². The Kier molecular flexibility index (Phi) is 7.20. The second kappa shape index (κ2) is 10.1. The maximum absolute atomic E-state index is 11.0. The fraction of sp³-hybridized carbons (Fsp3) is 0.182. The van der Waals surface area contributed by atoms with Crippen LogP contribution < -0.4 is 5.32 Å². The Hall–Kier alpha value is -2.03. The lowest BCUT2D eigenvalue weighted by atomic mass is 10.1. The lowest BCUT2D eigenvalue weighted by molar-refractivity contribution is 0.355. The fourth-order valence-corrected chi connectivity index (χ4v) is 4.64. The summed E-state index contributed by atoms with van der Waals surface area (Å²) in [5, 5.41) is 6.62. The number of anilines is 1. The Balaban J connectivity index is 1.56. The van der Waals surface area contributed by atoms with E-state index in [-0.39, 0.29) is 0 Å². The molecule has 9 heteroatoms. The van der Waals surface area contributed by atoms with Crippen LogP contribution in [0.1, 0.15) is 11.1 Å². The van der Waals surface area contributed by atoms with Gasteiger partial charge >= 0.3 is 0 Å². The van der Waals surface area contributed by atoms with E-state index in [1.165, 1.54) is 6.26 Å². The number of thiophene rings is 1. The van der Waals surface area contributed by atoms with Gasteiger partial charge in [0.25, 0.3) is 0 Å². The van der Waals surface area contributed by atoms with Crippen LogP contribution in [-0.2, 0) is 28.2 Å². The summed E-state index contributed by atoms with van der Waals surface area (Å²) in [7, 11) is 0. The van der Waals surface area contributed by atoms with Crippen molar-refractivity contribution < 1.29 is 8.39 Å². The van der Waals surface area contributed by atoms with Crippen LogP contribution in [0.4, 0.5) is 5.82 Å². The number of nitrogens with zero attached hydrogens (tertiary/aromatic N) is 2. The number of rotatable bonds is 8. The predicted molar refractivity (Wildman–Crippen MR) is 130 cm³/mol. The SMILES string of the molecule is CS(=O)OCCc1ccc(-c2nc(NCc3ccc(Cl)cc3Cl)c3sccc3n2)cc1. The second-order valence-corrected chi connectivity index (χ2v) is 9.59. The summed E-state index contributed by atoms with van der Waals surface area (Å²) < 4.78 is 17.1. The van der Waals surface area contributed by atoms with Crippen molar-refractivity contribution in [2.75, 3.05) is 18.2 Å². The molecule has 2 aromatic heterocycles. The average molecular weight is 492 g/mol. The minimum Gasteiger partial charge on any atom is -0.365 e. The van der Waals surface area contributed by atoms with Crippen molar-refractivity contribution in [2.45, 2.75) is 13.0 Å². The molecule has 4 rings (SSSR count). The van der Waals surface area contributed by atoms with Crippen LogP contribution in [0.15, 0.2) is 53.9 Å². The van der Waals surface area contributed by atoms with E-state index in [1.807, 2.05) is 47.8 Å². The van der Waals surface area contributed by atoms with Gasteiger partial charge in [0.15, 0.2) is 16.9 Å². The second-order valence-electron chi connectivity index (χ2n) is 6.79. The van der Waals surface area contributed by atoms with E-state index in [0.717, 1.165) is 32.7 Å². The molecule has 160 valence electrons. The first-order chi connectivity index (χ1) is 15.0. The molecule has 1 unspecified atom stereocenters. The standard InChI is InChI=1S/C22H19Cl2N3O2S2/c1-31(28)29-10-8-14-2-4-15(5-3-14)21-26-19-9-11-30-20(19)22(27-21)25-13-16-6-7-17(23)12-18(16)24/h2-7,9,11-12H,8,10,13H2,1H3,(H,25,26,27). The maximum Gasteiger partial charge on any atom is 0.162 e. The zero-order chi connectivity index (χ0) is 21.8. The molecule has 2 aromatic carbocycles. The Morgan fingerprint density at radius 1 is 1.10 bits per heavy atom. The van der Waals surface area contributed by atoms with Crippen LogP contribution in [0, 0.1) is 0 Å². The summed E-state index contributed by atoms with van der Waals surface area (Å²) >= 11 is 12.7. The van der Waals surface area contributed by atoms with Gasteiger partial charge in [-0.15, -0.1) is 11.3 Å². The summed E-state index contributed by atoms with van der Waals surface area (Å²) in [6.45, 7) is 0.943. The van der Waals surface area contributed by atoms with Crippen molar-refractivity contribution in [2.24, 2.45) is 0 Å². The summed E-state index contributed by atoms with van der Waals surface area (Å²) in [4.78, 5) is 9.49. The monoisotopic (exact) mass is 491 g/mol. The van der Waals surface area contributed by atoms with Gasteiger partial charge < -0.3 is 5.32 Å². The number of halogens is 2. The van der Waals surface area contributed by atoms with Crippen molar-refractivity contribution in [1.82, 2.24) is 9.97 Å². The van der Waals surface area contributed by atoms with Gasteiger partial charge in [0.2, 0.25) is 0 Å². The molecule has 2 heterocycles. The largest absolute Gasteiger partial charge is 0.365 e. The third-order valence-corrected chi connectivity index (χ3v) is 6.61. The predicted octanol–water partition coefficient (Wildman–Crippen LogP) is 6.13. The Morgan fingerprint density at radius 2 is 1.90 bits per heavy atom. The molecule has 0 aliphatic carbocycles. The van der Waals surface area contributed by atoms with E-state index in [1.54, 1.807) is 17.4 Å². The Morgan fingerprint density at radius 3 is 2.65 bits per heavy atom. The molecule has 0 radical (unpaired) electrons. The third kappa shape index (κ3) is 5.61. The van der Waals surface area contributed by atoms with E-state index < -0.39 is 11.1 Å². The van der Waals surface area contributed by atoms with E-state index in [2.05, 4.69) is 5.32 Å². The van der Waals surface area contributed by atoms with E-state index in [0.29, 0.717) is 35.4 Å². The first kappa shape index (κ1) is 22.2. The normalized spacial score (nSPS) is 12.2. The molecule has 0 aliphatic rings. The van der Waals surface area contributed by atoms with Crippen LogP contribution in [0.25, 0.3) is 21.6 Å². The Bertz CT molecular complexity index is 1230. The summed E-state index contributed by atoms with van der Waals surface area (Å²) in [5.74, 6) is 1.41. The third-order valence-electron chi connectivity index (χ3n) is 4.62. The van der Waals surface area contributed by atoms with Crippen molar-refractivity contribution >= 4 is 61.7 Å². The molecular weight excluding hydrogens is 473 g/mol. The van der Waals surface area contributed by atoms with Crippen molar-refractivity contribution in [3.63, 3.8) is 0 Å². The lowest BCUT2D eigenvalue weighted by Crippen LogP contribution is -2.04. The van der Waals surface area contributed by atoms with Crippen LogP contribution >= 0.6 is 34.5 Å². The minimum atomic E-state index is -1.25. The number of hydrogen-bond acceptors (Lipinski definition) is 6. The van der Waals surface area contributed by atoms with E-state index in [9.17, 15) is 4.21 Å². The molecule has 0 saturated carbocycles. The van der Waals surface area contributed by atoms with Crippen LogP contribution in [0.3, 0.4) is 0 Å². The molecule has 0 aliphatic heterocycles. The van der Waals surface area contributed by atoms with Crippen molar-refractivity contribution in [3.05, 3.63) is 75.1 Å². The van der Waals surface area contributed by atoms with Gasteiger partial charge in [0, 0.05) is 28.4 Å². The Labute approximate surface area is 197 Å². The van der Waals surface area contributed by atoms with Crippen molar-refractivity contribution in [3.8, 4) is 11.4 Å². The molecule has 4 aromatic rings. The molecule has 1 N–H and O–H groups in total. The summed E-state index contributed by atoms with van der Waals surface area (Å²) in [6.07, 6.45) is 2.21. The minimum absolute atomic E-state index is 0.418. The van der Waals surface area contributed by atoms with Gasteiger partial charge in [-0.25, -0.2) is 14.2 Å². The van der Waals surface area contributed by atoms with E-state index >= 15 is 0 Å². The van der Waals surface area contributed by atoms with Gasteiger partial charge in [0.1, 0.15) is 5.82 Å². The maximum atomic E-state index is 11.0. The molecular formula is C22H19Cl2N3O2S2. The van der Waals surface area contributed by atoms with Crippen LogP contribution in [-0.4, -0.2) is 27.0 Å². The first-order valence-corrected chi connectivity index (χ1v) is 12.6. The van der Waals surface area contributed by atoms with Gasteiger partial charge in [-0.2, -0.15) is 0 Å². The number of aromatic nitrogens is 2. The summed E-state index contributed by atoms with van der Waals surface area (Å²) in [6, 6.07) is 15.5. The highest BCUT2D eigenvalue weighted by Crippen LogP contribution is 2.30. The molecule has 0 saturated heterocycles. The quantitative estimate of drug-likeness (QED) is 0.321. The molecule has 1 atom stereocenters.